The summed E-state index contributed by atoms with van der Waals surface area (Å²) in [6, 6.07) is 16.0. The van der Waals surface area contributed by atoms with Crippen LogP contribution in [0.4, 0.5) is 0 Å². The van der Waals surface area contributed by atoms with Crippen LogP contribution in [-0.2, 0) is 4.57 Å². The SMILES string of the molecule is CCN(/N=C/c1c2ccccc2c(/C=N/NC2=NCCN2P(=O)(O)O)c2ccccc12)C1=NCCN1. The topological polar surface area (TPSA) is 138 Å². The fourth-order valence-electron chi connectivity index (χ4n) is 4.39. The van der Waals surface area contributed by atoms with Crippen LogP contribution in [-0.4, -0.2) is 76.5 Å². The Labute approximate surface area is 208 Å². The fourth-order valence-corrected chi connectivity index (χ4v) is 5.09. The Balaban J connectivity index is 1.55. The number of aliphatic imine (C=N–C) groups is 2. The highest BCUT2D eigenvalue weighted by atomic mass is 31.2. The number of rotatable bonds is 6. The molecule has 0 unspecified atom stereocenters. The van der Waals surface area contributed by atoms with Gasteiger partial charge in [0, 0.05) is 24.2 Å². The van der Waals surface area contributed by atoms with Crippen molar-refractivity contribution in [3.63, 3.8) is 0 Å². The summed E-state index contributed by atoms with van der Waals surface area (Å²) in [5, 5.41) is 18.1. The van der Waals surface area contributed by atoms with E-state index in [0.29, 0.717) is 13.1 Å². The summed E-state index contributed by atoms with van der Waals surface area (Å²) >= 11 is 0. The highest BCUT2D eigenvalue weighted by Crippen LogP contribution is 2.41. The molecule has 0 saturated heterocycles. The monoisotopic (exact) mass is 506 g/mol. The lowest BCUT2D eigenvalue weighted by Crippen LogP contribution is -2.34. The van der Waals surface area contributed by atoms with Gasteiger partial charge in [-0.2, -0.15) is 10.2 Å². The lowest BCUT2D eigenvalue weighted by molar-refractivity contribution is 0.320. The smallest absolute Gasteiger partial charge is 0.353 e. The van der Waals surface area contributed by atoms with Gasteiger partial charge < -0.3 is 15.1 Å². The second kappa shape index (κ2) is 10.1. The molecule has 0 amide bonds. The van der Waals surface area contributed by atoms with Gasteiger partial charge in [0.25, 0.3) is 0 Å². The van der Waals surface area contributed by atoms with Crippen molar-refractivity contribution in [2.24, 2.45) is 20.2 Å². The minimum Gasteiger partial charge on any atom is -0.353 e. The zero-order valence-corrected chi connectivity index (χ0v) is 20.6. The first-order valence-electron chi connectivity index (χ1n) is 11.7. The molecule has 11 nitrogen and oxygen atoms in total. The largest absolute Gasteiger partial charge is 0.432 e. The van der Waals surface area contributed by atoms with Crippen molar-refractivity contribution in [2.45, 2.75) is 6.92 Å². The number of hydrazone groups is 2. The maximum absolute atomic E-state index is 11.7. The molecule has 3 aromatic rings. The van der Waals surface area contributed by atoms with Crippen LogP contribution in [0.5, 0.6) is 0 Å². The van der Waals surface area contributed by atoms with Gasteiger partial charge in [-0.15, -0.1) is 0 Å². The molecule has 0 aromatic heterocycles. The first-order valence-corrected chi connectivity index (χ1v) is 13.2. The van der Waals surface area contributed by atoms with Gasteiger partial charge >= 0.3 is 7.75 Å². The molecule has 0 aliphatic carbocycles. The summed E-state index contributed by atoms with van der Waals surface area (Å²) in [6.45, 7) is 4.70. The second-order valence-corrected chi connectivity index (χ2v) is 9.73. The standard InChI is InChI=1S/C24H27N8O3P/c1-2-31(23-25-11-12-26-23)29-16-22-19-9-5-3-7-17(19)21(18-8-4-6-10-20(18)22)15-28-30-24-27-13-14-32(24)36(33,34)35/h3-10,15-16H,2,11-14H2,1H3,(H,25,26)(H,27,30)(H2,33,34,35)/b28-15+,29-16+. The zero-order chi connectivity index (χ0) is 25.1. The Morgan fingerprint density at radius 3 is 2.17 bits per heavy atom. The number of hydrogen-bond donors (Lipinski definition) is 4. The Morgan fingerprint density at radius 2 is 1.64 bits per heavy atom. The summed E-state index contributed by atoms with van der Waals surface area (Å²) in [6.07, 6.45) is 3.54. The molecule has 2 heterocycles. The molecule has 0 saturated carbocycles. The molecule has 0 bridgehead atoms. The number of fused-ring (bicyclic) bond motifs is 2. The first-order chi connectivity index (χ1) is 17.5. The van der Waals surface area contributed by atoms with E-state index >= 15 is 0 Å². The Kier molecular flexibility index (Phi) is 6.69. The van der Waals surface area contributed by atoms with Crippen LogP contribution >= 0.6 is 7.75 Å². The molecule has 0 fully saturated rings. The van der Waals surface area contributed by atoms with E-state index in [0.717, 1.165) is 56.4 Å². The molecular weight excluding hydrogens is 479 g/mol. The van der Waals surface area contributed by atoms with Crippen molar-refractivity contribution >= 4 is 53.6 Å². The van der Waals surface area contributed by atoms with Gasteiger partial charge in [-0.25, -0.2) is 29.7 Å². The maximum Gasteiger partial charge on any atom is 0.432 e. The normalized spacial score (nSPS) is 16.2. The van der Waals surface area contributed by atoms with Crippen LogP contribution < -0.4 is 10.7 Å². The molecule has 0 radical (unpaired) electrons. The fraction of sp³-hybridized carbons (Fsp3) is 0.250. The van der Waals surface area contributed by atoms with Crippen LogP contribution in [0.2, 0.25) is 0 Å². The van der Waals surface area contributed by atoms with Crippen molar-refractivity contribution in [2.75, 3.05) is 32.7 Å². The second-order valence-electron chi connectivity index (χ2n) is 8.22. The Morgan fingerprint density at radius 1 is 1.03 bits per heavy atom. The predicted molar refractivity (Wildman–Crippen MR) is 144 cm³/mol. The van der Waals surface area contributed by atoms with E-state index < -0.39 is 7.75 Å². The van der Waals surface area contributed by atoms with Gasteiger partial charge in [-0.3, -0.25) is 0 Å². The van der Waals surface area contributed by atoms with E-state index in [1.807, 2.05) is 66.7 Å². The minimum absolute atomic E-state index is 0.0556. The van der Waals surface area contributed by atoms with E-state index in [2.05, 4.69) is 25.8 Å². The van der Waals surface area contributed by atoms with Gasteiger partial charge in [-0.1, -0.05) is 48.5 Å². The van der Waals surface area contributed by atoms with Crippen molar-refractivity contribution < 1.29 is 14.4 Å². The van der Waals surface area contributed by atoms with Gasteiger partial charge in [-0.05, 0) is 28.5 Å². The molecule has 5 rings (SSSR count). The zero-order valence-electron chi connectivity index (χ0n) is 19.7. The van der Waals surface area contributed by atoms with Crippen LogP contribution in [0.15, 0.2) is 68.7 Å². The highest BCUT2D eigenvalue weighted by molar-refractivity contribution is 7.50. The Hall–Kier alpha value is -3.79. The van der Waals surface area contributed by atoms with Gasteiger partial charge in [0.1, 0.15) is 0 Å². The third-order valence-corrected chi connectivity index (χ3v) is 7.05. The van der Waals surface area contributed by atoms with Crippen LogP contribution in [0.1, 0.15) is 18.1 Å². The maximum atomic E-state index is 11.7. The number of nitrogens with one attached hydrogen (secondary N) is 2. The molecular formula is C24H27N8O3P. The molecule has 12 heteroatoms. The number of hydrogen-bond acceptors (Lipinski definition) is 8. The van der Waals surface area contributed by atoms with Crippen molar-refractivity contribution in [1.29, 1.82) is 0 Å². The third kappa shape index (κ3) is 4.68. The molecule has 2 aliphatic heterocycles. The van der Waals surface area contributed by atoms with E-state index in [9.17, 15) is 14.4 Å². The van der Waals surface area contributed by atoms with E-state index in [-0.39, 0.29) is 12.5 Å². The van der Waals surface area contributed by atoms with Crippen molar-refractivity contribution in [1.82, 2.24) is 20.4 Å². The molecule has 36 heavy (non-hydrogen) atoms. The lowest BCUT2D eigenvalue weighted by Gasteiger charge is -2.19. The average Bonchev–Trinajstić information content (AvgIpc) is 3.58. The first kappa shape index (κ1) is 23.9. The summed E-state index contributed by atoms with van der Waals surface area (Å²) in [5.74, 6) is 0.830. The molecule has 0 atom stereocenters. The molecule has 2 aliphatic rings. The summed E-state index contributed by atoms with van der Waals surface area (Å²) in [5.41, 5.74) is 4.57. The van der Waals surface area contributed by atoms with Crippen LogP contribution in [0, 0.1) is 0 Å². The highest BCUT2D eigenvalue weighted by Gasteiger charge is 2.31. The summed E-state index contributed by atoms with van der Waals surface area (Å²) < 4.78 is 12.6. The number of guanidine groups is 2. The van der Waals surface area contributed by atoms with Gasteiger partial charge in [0.15, 0.2) is 0 Å². The molecule has 186 valence electrons. The van der Waals surface area contributed by atoms with Gasteiger partial charge in [0.2, 0.25) is 11.9 Å². The number of nitrogens with zero attached hydrogens (tertiary/aromatic N) is 6. The van der Waals surface area contributed by atoms with Crippen molar-refractivity contribution in [3.8, 4) is 0 Å². The molecule has 4 N–H and O–H groups in total. The van der Waals surface area contributed by atoms with E-state index in [1.54, 1.807) is 6.21 Å². The van der Waals surface area contributed by atoms with Crippen molar-refractivity contribution in [3.05, 3.63) is 59.7 Å². The lowest BCUT2D eigenvalue weighted by atomic mass is 9.92. The summed E-state index contributed by atoms with van der Waals surface area (Å²) in [7, 11) is -4.46. The van der Waals surface area contributed by atoms with Gasteiger partial charge in [0.05, 0.1) is 32.1 Å². The molecule has 0 spiro atoms. The van der Waals surface area contributed by atoms with Crippen LogP contribution in [0.3, 0.4) is 0 Å². The summed E-state index contributed by atoms with van der Waals surface area (Å²) in [4.78, 5) is 27.7. The predicted octanol–water partition coefficient (Wildman–Crippen LogP) is 2.30. The average molecular weight is 507 g/mol. The Bertz CT molecular complexity index is 1410. The number of benzene rings is 3. The minimum atomic E-state index is -4.46. The van der Waals surface area contributed by atoms with Crippen LogP contribution in [0.25, 0.3) is 21.5 Å². The van der Waals surface area contributed by atoms with E-state index in [4.69, 9.17) is 5.10 Å². The van der Waals surface area contributed by atoms with E-state index in [1.165, 1.54) is 0 Å². The third-order valence-electron chi connectivity index (χ3n) is 6.03. The molecule has 3 aromatic carbocycles. The quantitative estimate of drug-likeness (QED) is 0.174.